The Bertz CT molecular complexity index is 661. The van der Waals surface area contributed by atoms with Gasteiger partial charge in [0.15, 0.2) is 11.5 Å². The van der Waals surface area contributed by atoms with Gasteiger partial charge in [-0.05, 0) is 37.1 Å². The lowest BCUT2D eigenvalue weighted by Crippen LogP contribution is -2.16. The van der Waals surface area contributed by atoms with Crippen LogP contribution < -0.4 is 14.8 Å². The van der Waals surface area contributed by atoms with Gasteiger partial charge in [-0.3, -0.25) is 0 Å². The number of hydrogen-bond acceptors (Lipinski definition) is 4. The SMILES string of the molecule is COc1cc(CNCCCO)c(Cl)cc1OCc1cccc(C)c1. The third-order valence-corrected chi connectivity index (χ3v) is 3.99. The maximum absolute atomic E-state index is 8.80. The number of ether oxygens (including phenoxy) is 2. The van der Waals surface area contributed by atoms with Crippen molar-refractivity contribution in [2.75, 3.05) is 20.3 Å². The molecule has 4 nitrogen and oxygen atoms in total. The van der Waals surface area contributed by atoms with Crippen molar-refractivity contribution in [2.24, 2.45) is 0 Å². The molecule has 24 heavy (non-hydrogen) atoms. The number of aliphatic hydroxyl groups excluding tert-OH is 1. The predicted octanol–water partition coefficient (Wildman–Crippen LogP) is 3.71. The summed E-state index contributed by atoms with van der Waals surface area (Å²) in [6.45, 7) is 4.05. The molecule has 0 saturated heterocycles. The maximum Gasteiger partial charge on any atom is 0.163 e. The molecular formula is C19H24ClNO3. The molecule has 0 aromatic heterocycles. The van der Waals surface area contributed by atoms with Gasteiger partial charge in [0.05, 0.1) is 7.11 Å². The zero-order valence-electron chi connectivity index (χ0n) is 14.1. The molecule has 0 saturated carbocycles. The molecule has 0 radical (unpaired) electrons. The molecule has 0 bridgehead atoms. The van der Waals surface area contributed by atoms with Crippen molar-refractivity contribution in [1.82, 2.24) is 5.32 Å². The van der Waals surface area contributed by atoms with Gasteiger partial charge in [0.1, 0.15) is 6.61 Å². The van der Waals surface area contributed by atoms with Crippen LogP contribution >= 0.6 is 11.6 Å². The lowest BCUT2D eigenvalue weighted by atomic mass is 10.1. The molecule has 0 heterocycles. The summed E-state index contributed by atoms with van der Waals surface area (Å²) >= 11 is 6.35. The summed E-state index contributed by atoms with van der Waals surface area (Å²) in [5.41, 5.74) is 3.24. The van der Waals surface area contributed by atoms with Crippen molar-refractivity contribution in [1.29, 1.82) is 0 Å². The fraction of sp³-hybridized carbons (Fsp3) is 0.368. The highest BCUT2D eigenvalue weighted by molar-refractivity contribution is 6.31. The van der Waals surface area contributed by atoms with Gasteiger partial charge in [-0.25, -0.2) is 0 Å². The number of rotatable bonds is 9. The van der Waals surface area contributed by atoms with Crippen LogP contribution in [0.3, 0.4) is 0 Å². The van der Waals surface area contributed by atoms with E-state index in [1.54, 1.807) is 13.2 Å². The van der Waals surface area contributed by atoms with E-state index in [0.29, 0.717) is 36.1 Å². The monoisotopic (exact) mass is 349 g/mol. The summed E-state index contributed by atoms with van der Waals surface area (Å²) in [5, 5.41) is 12.7. The number of aryl methyl sites for hydroxylation is 1. The first-order valence-corrected chi connectivity index (χ1v) is 8.38. The molecule has 0 unspecified atom stereocenters. The fourth-order valence-corrected chi connectivity index (χ4v) is 2.60. The smallest absolute Gasteiger partial charge is 0.163 e. The second-order valence-electron chi connectivity index (χ2n) is 5.63. The van der Waals surface area contributed by atoms with E-state index in [9.17, 15) is 0 Å². The molecule has 0 aliphatic carbocycles. The molecule has 0 aliphatic heterocycles. The molecule has 130 valence electrons. The molecular weight excluding hydrogens is 326 g/mol. The van der Waals surface area contributed by atoms with Crippen LogP contribution in [0.1, 0.15) is 23.1 Å². The lowest BCUT2D eigenvalue weighted by molar-refractivity contribution is 0.283. The predicted molar refractivity (Wildman–Crippen MR) is 96.9 cm³/mol. The van der Waals surface area contributed by atoms with Crippen molar-refractivity contribution in [3.63, 3.8) is 0 Å². The molecule has 5 heteroatoms. The average Bonchev–Trinajstić information content (AvgIpc) is 2.58. The Kier molecular flexibility index (Phi) is 7.37. The summed E-state index contributed by atoms with van der Waals surface area (Å²) in [5.74, 6) is 1.29. The van der Waals surface area contributed by atoms with Gasteiger partial charge in [0.2, 0.25) is 0 Å². The largest absolute Gasteiger partial charge is 0.493 e. The first-order valence-electron chi connectivity index (χ1n) is 8.00. The van der Waals surface area contributed by atoms with E-state index >= 15 is 0 Å². The van der Waals surface area contributed by atoms with Crippen molar-refractivity contribution in [3.05, 3.63) is 58.1 Å². The van der Waals surface area contributed by atoms with Gasteiger partial charge in [-0.2, -0.15) is 0 Å². The second kappa shape index (κ2) is 9.52. The number of nitrogens with one attached hydrogen (secondary N) is 1. The minimum Gasteiger partial charge on any atom is -0.493 e. The molecule has 0 spiro atoms. The normalized spacial score (nSPS) is 10.7. The molecule has 2 aromatic rings. The topological polar surface area (TPSA) is 50.7 Å². The number of aliphatic hydroxyl groups is 1. The Morgan fingerprint density at radius 2 is 2.00 bits per heavy atom. The first kappa shape index (κ1) is 18.6. The third kappa shape index (κ3) is 5.41. The van der Waals surface area contributed by atoms with Crippen LogP contribution in [0.15, 0.2) is 36.4 Å². The van der Waals surface area contributed by atoms with E-state index in [0.717, 1.165) is 17.7 Å². The summed E-state index contributed by atoms with van der Waals surface area (Å²) in [6, 6.07) is 11.9. The van der Waals surface area contributed by atoms with Crippen molar-refractivity contribution >= 4 is 11.6 Å². The van der Waals surface area contributed by atoms with Gasteiger partial charge in [0, 0.05) is 24.2 Å². The number of hydrogen-bond donors (Lipinski definition) is 2. The van der Waals surface area contributed by atoms with Crippen LogP contribution in [-0.2, 0) is 13.2 Å². The van der Waals surface area contributed by atoms with Crippen LogP contribution in [-0.4, -0.2) is 25.4 Å². The average molecular weight is 350 g/mol. The second-order valence-corrected chi connectivity index (χ2v) is 6.03. The van der Waals surface area contributed by atoms with Crippen LogP contribution in [0.2, 0.25) is 5.02 Å². The molecule has 0 fully saturated rings. The van der Waals surface area contributed by atoms with Crippen molar-refractivity contribution < 1.29 is 14.6 Å². The first-order chi connectivity index (χ1) is 11.6. The van der Waals surface area contributed by atoms with E-state index in [2.05, 4.69) is 24.4 Å². The fourth-order valence-electron chi connectivity index (χ4n) is 2.38. The molecule has 0 atom stereocenters. The van der Waals surface area contributed by atoms with E-state index in [1.807, 2.05) is 18.2 Å². The van der Waals surface area contributed by atoms with E-state index in [1.165, 1.54) is 5.56 Å². The summed E-state index contributed by atoms with van der Waals surface area (Å²) in [4.78, 5) is 0. The van der Waals surface area contributed by atoms with Crippen LogP contribution in [0, 0.1) is 6.92 Å². The van der Waals surface area contributed by atoms with E-state index in [4.69, 9.17) is 26.2 Å². The zero-order valence-corrected chi connectivity index (χ0v) is 14.9. The molecule has 2 N–H and O–H groups in total. The minimum atomic E-state index is 0.176. The quantitative estimate of drug-likeness (QED) is 0.678. The zero-order chi connectivity index (χ0) is 17.4. The Hall–Kier alpha value is -1.75. The highest BCUT2D eigenvalue weighted by atomic mass is 35.5. The van der Waals surface area contributed by atoms with Crippen LogP contribution in [0.4, 0.5) is 0 Å². The number of methoxy groups -OCH3 is 1. The van der Waals surface area contributed by atoms with E-state index in [-0.39, 0.29) is 6.61 Å². The number of benzene rings is 2. The lowest BCUT2D eigenvalue weighted by Gasteiger charge is -2.14. The van der Waals surface area contributed by atoms with Crippen molar-refractivity contribution in [2.45, 2.75) is 26.5 Å². The Morgan fingerprint density at radius 1 is 1.17 bits per heavy atom. The van der Waals surface area contributed by atoms with E-state index < -0.39 is 0 Å². The molecule has 2 aromatic carbocycles. The standard InChI is InChI=1S/C19H24ClNO3/c1-14-5-3-6-15(9-14)13-24-19-11-17(20)16(10-18(19)23-2)12-21-7-4-8-22/h3,5-6,9-11,21-22H,4,7-8,12-13H2,1-2H3. The third-order valence-electron chi connectivity index (χ3n) is 3.64. The summed E-state index contributed by atoms with van der Waals surface area (Å²) < 4.78 is 11.3. The van der Waals surface area contributed by atoms with Gasteiger partial charge in [-0.15, -0.1) is 0 Å². The maximum atomic E-state index is 8.80. The van der Waals surface area contributed by atoms with Gasteiger partial charge >= 0.3 is 0 Å². The molecule has 2 rings (SSSR count). The van der Waals surface area contributed by atoms with Gasteiger partial charge < -0.3 is 19.9 Å². The Morgan fingerprint density at radius 3 is 2.71 bits per heavy atom. The minimum absolute atomic E-state index is 0.176. The highest BCUT2D eigenvalue weighted by Gasteiger charge is 2.11. The summed E-state index contributed by atoms with van der Waals surface area (Å²) in [6.07, 6.45) is 0.715. The van der Waals surface area contributed by atoms with Gasteiger partial charge in [-0.1, -0.05) is 41.4 Å². The number of halogens is 1. The van der Waals surface area contributed by atoms with Crippen molar-refractivity contribution in [3.8, 4) is 11.5 Å². The Balaban J connectivity index is 2.05. The van der Waals surface area contributed by atoms with Crippen LogP contribution in [0.25, 0.3) is 0 Å². The Labute approximate surface area is 148 Å². The summed E-state index contributed by atoms with van der Waals surface area (Å²) in [7, 11) is 1.62. The van der Waals surface area contributed by atoms with Crippen LogP contribution in [0.5, 0.6) is 11.5 Å². The van der Waals surface area contributed by atoms with Gasteiger partial charge in [0.25, 0.3) is 0 Å². The molecule has 0 amide bonds. The molecule has 0 aliphatic rings. The highest BCUT2D eigenvalue weighted by Crippen LogP contribution is 2.34.